The Kier molecular flexibility index (Phi) is 21.6. The number of aliphatic hydroxyl groups excluding tert-OH is 2. The Balaban J connectivity index is 3.41. The standard InChI is InChI=1S/C25H51NO3/c1-3-5-7-8-9-10-11-12-13-14-15-16-17-18-19-21-25(29)26-23(22-27)24(28)20-6-4-2/h23-24,27-28H,3-22H2,1-2H3,(H,26,29). The smallest absolute Gasteiger partial charge is 0.220 e. The number of amides is 1. The zero-order chi connectivity index (χ0) is 21.6. The van der Waals surface area contributed by atoms with Crippen LogP contribution in [0.3, 0.4) is 0 Å². The highest BCUT2D eigenvalue weighted by molar-refractivity contribution is 5.76. The van der Waals surface area contributed by atoms with Gasteiger partial charge in [0.25, 0.3) is 0 Å². The Morgan fingerprint density at radius 1 is 0.690 bits per heavy atom. The van der Waals surface area contributed by atoms with Crippen LogP contribution in [-0.2, 0) is 4.79 Å². The molecule has 0 saturated carbocycles. The first-order valence-electron chi connectivity index (χ1n) is 12.7. The Morgan fingerprint density at radius 3 is 1.52 bits per heavy atom. The third-order valence-electron chi connectivity index (χ3n) is 5.87. The van der Waals surface area contributed by atoms with Gasteiger partial charge in [0, 0.05) is 6.42 Å². The SMILES string of the molecule is CCCCCCCCCCCCCCCCCC(=O)NC(CO)C(O)CCCC. The summed E-state index contributed by atoms with van der Waals surface area (Å²) in [4.78, 5) is 12.0. The lowest BCUT2D eigenvalue weighted by Crippen LogP contribution is -2.45. The van der Waals surface area contributed by atoms with Crippen molar-refractivity contribution in [2.24, 2.45) is 0 Å². The van der Waals surface area contributed by atoms with Crippen LogP contribution in [0.25, 0.3) is 0 Å². The van der Waals surface area contributed by atoms with E-state index in [1.165, 1.54) is 83.5 Å². The fourth-order valence-electron chi connectivity index (χ4n) is 3.81. The second-order valence-corrected chi connectivity index (χ2v) is 8.77. The van der Waals surface area contributed by atoms with Crippen molar-refractivity contribution in [2.75, 3.05) is 6.61 Å². The topological polar surface area (TPSA) is 69.6 Å². The molecule has 2 atom stereocenters. The molecule has 3 N–H and O–H groups in total. The maximum atomic E-state index is 12.0. The molecule has 0 aromatic heterocycles. The van der Waals surface area contributed by atoms with Crippen LogP contribution in [0.4, 0.5) is 0 Å². The number of hydrogen-bond acceptors (Lipinski definition) is 3. The normalized spacial score (nSPS) is 13.4. The first-order chi connectivity index (χ1) is 14.2. The number of unbranched alkanes of at least 4 members (excludes halogenated alkanes) is 15. The second kappa shape index (κ2) is 22.1. The molecule has 0 fully saturated rings. The fourth-order valence-corrected chi connectivity index (χ4v) is 3.81. The van der Waals surface area contributed by atoms with E-state index in [2.05, 4.69) is 19.2 Å². The molecule has 1 amide bonds. The molecule has 2 unspecified atom stereocenters. The minimum Gasteiger partial charge on any atom is -0.394 e. The van der Waals surface area contributed by atoms with Gasteiger partial charge in [0.1, 0.15) is 0 Å². The van der Waals surface area contributed by atoms with E-state index in [1.54, 1.807) is 0 Å². The number of rotatable bonds is 22. The fraction of sp³-hybridized carbons (Fsp3) is 0.960. The van der Waals surface area contributed by atoms with E-state index in [0.29, 0.717) is 12.8 Å². The van der Waals surface area contributed by atoms with Crippen molar-refractivity contribution in [3.8, 4) is 0 Å². The molecule has 0 aromatic carbocycles. The van der Waals surface area contributed by atoms with Gasteiger partial charge in [-0.3, -0.25) is 4.79 Å². The quantitative estimate of drug-likeness (QED) is 0.183. The Labute approximate surface area is 181 Å². The Bertz CT molecular complexity index is 349. The summed E-state index contributed by atoms with van der Waals surface area (Å²) in [5.74, 6) is -0.0470. The van der Waals surface area contributed by atoms with E-state index >= 15 is 0 Å². The summed E-state index contributed by atoms with van der Waals surface area (Å²) >= 11 is 0. The van der Waals surface area contributed by atoms with Crippen molar-refractivity contribution in [3.63, 3.8) is 0 Å². The molecule has 0 aliphatic carbocycles. The summed E-state index contributed by atoms with van der Waals surface area (Å²) in [5.41, 5.74) is 0. The summed E-state index contributed by atoms with van der Waals surface area (Å²) in [6.07, 6.45) is 22.1. The molecule has 0 aromatic rings. The zero-order valence-electron chi connectivity index (χ0n) is 19.6. The van der Waals surface area contributed by atoms with Crippen molar-refractivity contribution in [3.05, 3.63) is 0 Å². The van der Waals surface area contributed by atoms with Crippen molar-refractivity contribution in [1.29, 1.82) is 0 Å². The minimum absolute atomic E-state index is 0.0470. The second-order valence-electron chi connectivity index (χ2n) is 8.77. The van der Waals surface area contributed by atoms with Gasteiger partial charge < -0.3 is 15.5 Å². The first kappa shape index (κ1) is 28.4. The molecule has 29 heavy (non-hydrogen) atoms. The molecular weight excluding hydrogens is 362 g/mol. The van der Waals surface area contributed by atoms with E-state index in [1.807, 2.05) is 0 Å². The molecular formula is C25H51NO3. The highest BCUT2D eigenvalue weighted by Crippen LogP contribution is 2.14. The molecule has 0 aliphatic heterocycles. The predicted molar refractivity (Wildman–Crippen MR) is 124 cm³/mol. The van der Waals surface area contributed by atoms with E-state index in [0.717, 1.165) is 25.7 Å². The van der Waals surface area contributed by atoms with Crippen LogP contribution in [0.1, 0.15) is 136 Å². The van der Waals surface area contributed by atoms with Crippen LogP contribution in [0, 0.1) is 0 Å². The van der Waals surface area contributed by atoms with Crippen molar-refractivity contribution in [2.45, 2.75) is 148 Å². The lowest BCUT2D eigenvalue weighted by atomic mass is 10.0. The number of aliphatic hydroxyl groups is 2. The first-order valence-corrected chi connectivity index (χ1v) is 12.7. The van der Waals surface area contributed by atoms with Crippen LogP contribution < -0.4 is 5.32 Å². The molecule has 0 spiro atoms. The Morgan fingerprint density at radius 2 is 1.10 bits per heavy atom. The van der Waals surface area contributed by atoms with E-state index < -0.39 is 12.1 Å². The van der Waals surface area contributed by atoms with Gasteiger partial charge in [-0.25, -0.2) is 0 Å². The molecule has 0 saturated heterocycles. The van der Waals surface area contributed by atoms with Crippen molar-refractivity contribution in [1.82, 2.24) is 5.32 Å². The van der Waals surface area contributed by atoms with E-state index in [-0.39, 0.29) is 12.5 Å². The number of hydrogen-bond donors (Lipinski definition) is 3. The van der Waals surface area contributed by atoms with Gasteiger partial charge in [-0.05, 0) is 12.8 Å². The number of nitrogens with one attached hydrogen (secondary N) is 1. The summed E-state index contributed by atoms with van der Waals surface area (Å²) < 4.78 is 0. The summed E-state index contributed by atoms with van der Waals surface area (Å²) in [5, 5.41) is 22.2. The van der Waals surface area contributed by atoms with E-state index in [9.17, 15) is 15.0 Å². The molecule has 0 radical (unpaired) electrons. The maximum absolute atomic E-state index is 12.0. The van der Waals surface area contributed by atoms with Crippen molar-refractivity contribution < 1.29 is 15.0 Å². The lowest BCUT2D eigenvalue weighted by molar-refractivity contribution is -0.123. The predicted octanol–water partition coefficient (Wildman–Crippen LogP) is 6.28. The van der Waals surface area contributed by atoms with Gasteiger partial charge in [0.15, 0.2) is 0 Å². The average Bonchev–Trinajstić information content (AvgIpc) is 2.72. The maximum Gasteiger partial charge on any atom is 0.220 e. The van der Waals surface area contributed by atoms with Gasteiger partial charge in [0.2, 0.25) is 5.91 Å². The number of carbonyl (C=O) groups is 1. The molecule has 0 bridgehead atoms. The van der Waals surface area contributed by atoms with Gasteiger partial charge in [-0.15, -0.1) is 0 Å². The van der Waals surface area contributed by atoms with Gasteiger partial charge in [0.05, 0.1) is 18.8 Å². The van der Waals surface area contributed by atoms with Gasteiger partial charge in [-0.1, -0.05) is 117 Å². The highest BCUT2D eigenvalue weighted by atomic mass is 16.3. The third kappa shape index (κ3) is 19.1. The molecule has 4 heteroatoms. The molecule has 0 rings (SSSR count). The van der Waals surface area contributed by atoms with Gasteiger partial charge in [-0.2, -0.15) is 0 Å². The molecule has 0 aliphatic rings. The summed E-state index contributed by atoms with van der Waals surface area (Å²) in [6.45, 7) is 4.14. The van der Waals surface area contributed by atoms with E-state index in [4.69, 9.17) is 0 Å². The molecule has 4 nitrogen and oxygen atoms in total. The molecule has 174 valence electrons. The average molecular weight is 414 g/mol. The largest absolute Gasteiger partial charge is 0.394 e. The summed E-state index contributed by atoms with van der Waals surface area (Å²) in [7, 11) is 0. The molecule has 0 heterocycles. The van der Waals surface area contributed by atoms with Gasteiger partial charge >= 0.3 is 0 Å². The van der Waals surface area contributed by atoms with Crippen LogP contribution in [0.5, 0.6) is 0 Å². The van der Waals surface area contributed by atoms with Crippen molar-refractivity contribution >= 4 is 5.91 Å². The lowest BCUT2D eigenvalue weighted by Gasteiger charge is -2.22. The Hall–Kier alpha value is -0.610. The monoisotopic (exact) mass is 413 g/mol. The van der Waals surface area contributed by atoms with Crippen LogP contribution in [0.2, 0.25) is 0 Å². The highest BCUT2D eigenvalue weighted by Gasteiger charge is 2.19. The van der Waals surface area contributed by atoms with Crippen LogP contribution in [0.15, 0.2) is 0 Å². The number of carbonyl (C=O) groups excluding carboxylic acids is 1. The van der Waals surface area contributed by atoms with Crippen LogP contribution in [-0.4, -0.2) is 34.9 Å². The zero-order valence-corrected chi connectivity index (χ0v) is 19.6. The minimum atomic E-state index is -0.648. The van der Waals surface area contributed by atoms with Crippen LogP contribution >= 0.6 is 0 Å². The summed E-state index contributed by atoms with van der Waals surface area (Å²) in [6, 6.07) is -0.523. The third-order valence-corrected chi connectivity index (χ3v) is 5.87.